The minimum Gasteiger partial charge on any atom is -0.493 e. The number of rotatable bonds is 9. The lowest BCUT2D eigenvalue weighted by molar-refractivity contribution is -0.136. The van der Waals surface area contributed by atoms with E-state index in [2.05, 4.69) is 34.9 Å². The van der Waals surface area contributed by atoms with Gasteiger partial charge in [0.05, 0.1) is 25.8 Å². The SMILES string of the molecule is CCC(CC)COc1ccc(Br)cc1Cn1ncc(CC(=O)O)c1C. The molecule has 136 valence electrons. The van der Waals surface area contributed by atoms with E-state index in [4.69, 9.17) is 9.84 Å². The van der Waals surface area contributed by atoms with E-state index in [1.54, 1.807) is 6.20 Å². The molecule has 0 aliphatic heterocycles. The molecule has 5 nitrogen and oxygen atoms in total. The molecule has 0 spiro atoms. The second kappa shape index (κ2) is 9.04. The van der Waals surface area contributed by atoms with E-state index in [1.165, 1.54) is 0 Å². The molecular weight excluding hydrogens is 384 g/mol. The molecule has 0 aliphatic carbocycles. The molecule has 25 heavy (non-hydrogen) atoms. The van der Waals surface area contributed by atoms with Crippen LogP contribution in [0.3, 0.4) is 0 Å². The summed E-state index contributed by atoms with van der Waals surface area (Å²) in [6.45, 7) is 7.50. The number of benzene rings is 1. The van der Waals surface area contributed by atoms with E-state index in [0.717, 1.165) is 39.9 Å². The minimum absolute atomic E-state index is 0.0116. The van der Waals surface area contributed by atoms with Gasteiger partial charge in [0.2, 0.25) is 0 Å². The van der Waals surface area contributed by atoms with E-state index in [1.807, 2.05) is 29.8 Å². The molecule has 0 aliphatic rings. The van der Waals surface area contributed by atoms with Crippen LogP contribution in [-0.2, 0) is 17.8 Å². The number of aromatic nitrogens is 2. The van der Waals surface area contributed by atoms with Gasteiger partial charge in [-0.3, -0.25) is 9.48 Å². The van der Waals surface area contributed by atoms with Crippen LogP contribution in [0.1, 0.15) is 43.5 Å². The highest BCUT2D eigenvalue weighted by Crippen LogP contribution is 2.26. The Bertz CT molecular complexity index is 723. The molecule has 0 unspecified atom stereocenters. The zero-order chi connectivity index (χ0) is 18.4. The van der Waals surface area contributed by atoms with Crippen LogP contribution in [0.4, 0.5) is 0 Å². The molecule has 2 rings (SSSR count). The maximum atomic E-state index is 10.9. The molecule has 6 heteroatoms. The average molecular weight is 409 g/mol. The second-order valence-corrected chi connectivity index (χ2v) is 7.14. The summed E-state index contributed by atoms with van der Waals surface area (Å²) in [5.74, 6) is 0.550. The van der Waals surface area contributed by atoms with Gasteiger partial charge in [0, 0.05) is 21.3 Å². The third kappa shape index (κ3) is 5.33. The van der Waals surface area contributed by atoms with Gasteiger partial charge in [-0.25, -0.2) is 0 Å². The average Bonchev–Trinajstić information content (AvgIpc) is 2.90. The summed E-state index contributed by atoms with van der Waals surface area (Å²) in [4.78, 5) is 10.9. The molecule has 0 atom stereocenters. The van der Waals surface area contributed by atoms with Gasteiger partial charge in [-0.15, -0.1) is 0 Å². The van der Waals surface area contributed by atoms with Gasteiger partial charge in [0.1, 0.15) is 5.75 Å². The van der Waals surface area contributed by atoms with E-state index >= 15 is 0 Å². The van der Waals surface area contributed by atoms with E-state index in [0.29, 0.717) is 19.1 Å². The standard InChI is InChI=1S/C19H25BrN2O3/c1-4-14(5-2)12-25-18-7-6-17(20)8-16(18)11-22-13(3)15(10-21-22)9-19(23)24/h6-8,10,14H,4-5,9,11-12H2,1-3H3,(H,23,24). The van der Waals surface area contributed by atoms with Crippen LogP contribution in [0.2, 0.25) is 0 Å². The minimum atomic E-state index is -0.848. The topological polar surface area (TPSA) is 64.4 Å². The molecule has 2 aromatic rings. The van der Waals surface area contributed by atoms with Gasteiger partial charge >= 0.3 is 5.97 Å². The summed E-state index contributed by atoms with van der Waals surface area (Å²) in [7, 11) is 0. The number of hydrogen-bond acceptors (Lipinski definition) is 3. The van der Waals surface area contributed by atoms with Crippen molar-refractivity contribution in [2.75, 3.05) is 6.61 Å². The maximum absolute atomic E-state index is 10.9. The van der Waals surface area contributed by atoms with Crippen molar-refractivity contribution in [1.29, 1.82) is 0 Å². The first-order chi connectivity index (χ1) is 11.9. The van der Waals surface area contributed by atoms with Crippen molar-refractivity contribution >= 4 is 21.9 Å². The third-order valence-electron chi connectivity index (χ3n) is 4.52. The second-order valence-electron chi connectivity index (χ2n) is 6.23. The highest BCUT2D eigenvalue weighted by Gasteiger charge is 2.13. The lowest BCUT2D eigenvalue weighted by atomic mass is 10.1. The fraction of sp³-hybridized carbons (Fsp3) is 0.474. The third-order valence-corrected chi connectivity index (χ3v) is 5.01. The summed E-state index contributed by atoms with van der Waals surface area (Å²) < 4.78 is 8.87. The first-order valence-electron chi connectivity index (χ1n) is 8.58. The van der Waals surface area contributed by atoms with E-state index < -0.39 is 5.97 Å². The van der Waals surface area contributed by atoms with Crippen molar-refractivity contribution in [3.05, 3.63) is 45.7 Å². The molecule has 1 heterocycles. The van der Waals surface area contributed by atoms with Crippen LogP contribution in [0.25, 0.3) is 0 Å². The Kier molecular flexibility index (Phi) is 7.05. The Morgan fingerprint density at radius 2 is 2.04 bits per heavy atom. The Morgan fingerprint density at radius 1 is 1.32 bits per heavy atom. The molecule has 0 fully saturated rings. The smallest absolute Gasteiger partial charge is 0.307 e. The van der Waals surface area contributed by atoms with E-state index in [-0.39, 0.29) is 6.42 Å². The molecular formula is C19H25BrN2O3. The molecule has 1 aromatic heterocycles. The van der Waals surface area contributed by atoms with Gasteiger partial charge in [0.15, 0.2) is 0 Å². The number of ether oxygens (including phenoxy) is 1. The van der Waals surface area contributed by atoms with Crippen LogP contribution in [-0.4, -0.2) is 27.5 Å². The summed E-state index contributed by atoms with van der Waals surface area (Å²) in [5, 5.41) is 13.3. The maximum Gasteiger partial charge on any atom is 0.307 e. The molecule has 1 aromatic carbocycles. The van der Waals surface area contributed by atoms with Gasteiger partial charge < -0.3 is 9.84 Å². The number of carboxylic acids is 1. The van der Waals surface area contributed by atoms with Crippen LogP contribution >= 0.6 is 15.9 Å². The molecule has 0 saturated carbocycles. The Hall–Kier alpha value is -1.82. The predicted octanol–water partition coefficient (Wildman–Crippen LogP) is 4.44. The van der Waals surface area contributed by atoms with Crippen LogP contribution < -0.4 is 4.74 Å². The van der Waals surface area contributed by atoms with Crippen molar-refractivity contribution in [3.8, 4) is 5.75 Å². The largest absolute Gasteiger partial charge is 0.493 e. The van der Waals surface area contributed by atoms with Crippen molar-refractivity contribution in [1.82, 2.24) is 9.78 Å². The molecule has 0 radical (unpaired) electrons. The lowest BCUT2D eigenvalue weighted by Gasteiger charge is -2.17. The van der Waals surface area contributed by atoms with Gasteiger partial charge in [-0.05, 0) is 31.0 Å². The summed E-state index contributed by atoms with van der Waals surface area (Å²) >= 11 is 3.51. The molecule has 0 saturated heterocycles. The molecule has 0 bridgehead atoms. The Labute approximate surface area is 157 Å². The monoisotopic (exact) mass is 408 g/mol. The van der Waals surface area contributed by atoms with Crippen molar-refractivity contribution in [2.24, 2.45) is 5.92 Å². The van der Waals surface area contributed by atoms with Crippen molar-refractivity contribution < 1.29 is 14.6 Å². The Morgan fingerprint density at radius 3 is 2.68 bits per heavy atom. The van der Waals surface area contributed by atoms with Gasteiger partial charge in [0.25, 0.3) is 0 Å². The predicted molar refractivity (Wildman–Crippen MR) is 101 cm³/mol. The number of carboxylic acid groups (broad SMARTS) is 1. The fourth-order valence-electron chi connectivity index (χ4n) is 2.69. The van der Waals surface area contributed by atoms with Crippen LogP contribution in [0, 0.1) is 12.8 Å². The normalized spacial score (nSPS) is 11.1. The highest BCUT2D eigenvalue weighted by molar-refractivity contribution is 9.10. The fourth-order valence-corrected chi connectivity index (χ4v) is 3.10. The van der Waals surface area contributed by atoms with Crippen LogP contribution in [0.5, 0.6) is 5.75 Å². The zero-order valence-electron chi connectivity index (χ0n) is 15.0. The highest BCUT2D eigenvalue weighted by atomic mass is 79.9. The summed E-state index contributed by atoms with van der Waals surface area (Å²) in [6, 6.07) is 5.97. The first kappa shape index (κ1) is 19.5. The van der Waals surface area contributed by atoms with Gasteiger partial charge in [-0.1, -0.05) is 42.6 Å². The zero-order valence-corrected chi connectivity index (χ0v) is 16.5. The van der Waals surface area contributed by atoms with Gasteiger partial charge in [-0.2, -0.15) is 5.10 Å². The van der Waals surface area contributed by atoms with Crippen LogP contribution in [0.15, 0.2) is 28.9 Å². The number of hydrogen-bond donors (Lipinski definition) is 1. The molecule has 0 amide bonds. The first-order valence-corrected chi connectivity index (χ1v) is 9.38. The lowest BCUT2D eigenvalue weighted by Crippen LogP contribution is -2.12. The quantitative estimate of drug-likeness (QED) is 0.665. The van der Waals surface area contributed by atoms with Crippen molar-refractivity contribution in [3.63, 3.8) is 0 Å². The molecule has 1 N–H and O–H groups in total. The number of carbonyl (C=O) groups is 1. The van der Waals surface area contributed by atoms with E-state index in [9.17, 15) is 4.79 Å². The summed E-state index contributed by atoms with van der Waals surface area (Å²) in [5.41, 5.74) is 2.63. The Balaban J connectivity index is 2.19. The number of aliphatic carboxylic acids is 1. The number of halogens is 1. The van der Waals surface area contributed by atoms with Crippen molar-refractivity contribution in [2.45, 2.75) is 46.6 Å². The summed E-state index contributed by atoms with van der Waals surface area (Å²) in [6.07, 6.45) is 3.81. The number of nitrogens with zero attached hydrogens (tertiary/aromatic N) is 2.